The van der Waals surface area contributed by atoms with Gasteiger partial charge in [-0.3, -0.25) is 4.90 Å². The van der Waals surface area contributed by atoms with Crippen LogP contribution in [0.1, 0.15) is 30.9 Å². The Kier molecular flexibility index (Phi) is 4.19. The molecule has 1 saturated heterocycles. The number of benzene rings is 1. The molecule has 1 aromatic rings. The number of nitrogens with zero attached hydrogens (tertiary/aromatic N) is 1. The monoisotopic (exact) mass is 232 g/mol. The lowest BCUT2D eigenvalue weighted by Gasteiger charge is -2.37. The van der Waals surface area contributed by atoms with E-state index in [1.54, 1.807) is 0 Å². The standard InChI is InChI=1S/C15H24N2/c1-12-3-6-14(7-4-12)10-17-11-15(9-16)8-5-13(17)2/h3-4,6-7,13,15H,5,8-11,16H2,1-2H3. The molecule has 0 saturated carbocycles. The molecule has 0 amide bonds. The Balaban J connectivity index is 1.98. The molecule has 94 valence electrons. The van der Waals surface area contributed by atoms with Crippen molar-refractivity contribution >= 4 is 0 Å². The summed E-state index contributed by atoms with van der Waals surface area (Å²) in [6.07, 6.45) is 2.58. The smallest absolute Gasteiger partial charge is 0.0236 e. The molecule has 2 N–H and O–H groups in total. The Morgan fingerprint density at radius 3 is 2.59 bits per heavy atom. The maximum atomic E-state index is 5.80. The SMILES string of the molecule is Cc1ccc(CN2CC(CN)CCC2C)cc1. The van der Waals surface area contributed by atoms with Gasteiger partial charge < -0.3 is 5.73 Å². The molecule has 1 aromatic carbocycles. The summed E-state index contributed by atoms with van der Waals surface area (Å²) in [5, 5.41) is 0. The number of hydrogen-bond acceptors (Lipinski definition) is 2. The van der Waals surface area contributed by atoms with Crippen LogP contribution in [-0.4, -0.2) is 24.0 Å². The van der Waals surface area contributed by atoms with E-state index in [0.717, 1.165) is 19.6 Å². The van der Waals surface area contributed by atoms with Crippen LogP contribution in [-0.2, 0) is 6.54 Å². The first kappa shape index (κ1) is 12.6. The molecule has 1 aliphatic rings. The van der Waals surface area contributed by atoms with Crippen LogP contribution in [0.4, 0.5) is 0 Å². The zero-order valence-corrected chi connectivity index (χ0v) is 11.0. The summed E-state index contributed by atoms with van der Waals surface area (Å²) < 4.78 is 0. The highest BCUT2D eigenvalue weighted by Crippen LogP contribution is 2.23. The van der Waals surface area contributed by atoms with Gasteiger partial charge in [0.25, 0.3) is 0 Å². The Bertz CT molecular complexity index is 344. The molecule has 2 heteroatoms. The molecule has 1 fully saturated rings. The third kappa shape index (κ3) is 3.30. The number of likely N-dealkylation sites (tertiary alicyclic amines) is 1. The molecule has 17 heavy (non-hydrogen) atoms. The van der Waals surface area contributed by atoms with Gasteiger partial charge in [0.2, 0.25) is 0 Å². The zero-order valence-electron chi connectivity index (χ0n) is 11.0. The lowest BCUT2D eigenvalue weighted by Crippen LogP contribution is -2.43. The first-order valence-corrected chi connectivity index (χ1v) is 6.68. The van der Waals surface area contributed by atoms with Crippen LogP contribution in [0, 0.1) is 12.8 Å². The lowest BCUT2D eigenvalue weighted by molar-refractivity contribution is 0.113. The molecule has 0 aliphatic carbocycles. The van der Waals surface area contributed by atoms with Crippen molar-refractivity contribution in [2.24, 2.45) is 11.7 Å². The van der Waals surface area contributed by atoms with Gasteiger partial charge in [-0.25, -0.2) is 0 Å². The van der Waals surface area contributed by atoms with E-state index in [4.69, 9.17) is 5.73 Å². The summed E-state index contributed by atoms with van der Waals surface area (Å²) in [7, 11) is 0. The Labute approximate surface area is 105 Å². The molecule has 0 radical (unpaired) electrons. The van der Waals surface area contributed by atoms with Gasteiger partial charge >= 0.3 is 0 Å². The molecule has 2 nitrogen and oxygen atoms in total. The minimum atomic E-state index is 0.691. The number of hydrogen-bond donors (Lipinski definition) is 1. The van der Waals surface area contributed by atoms with Crippen molar-refractivity contribution in [3.05, 3.63) is 35.4 Å². The predicted octanol–water partition coefficient (Wildman–Crippen LogP) is 2.55. The normalized spacial score (nSPS) is 26.1. The fraction of sp³-hybridized carbons (Fsp3) is 0.600. The van der Waals surface area contributed by atoms with Gasteiger partial charge in [-0.2, -0.15) is 0 Å². The Morgan fingerprint density at radius 2 is 1.94 bits per heavy atom. The third-order valence-corrected chi connectivity index (χ3v) is 3.95. The van der Waals surface area contributed by atoms with Gasteiger partial charge in [-0.15, -0.1) is 0 Å². The maximum Gasteiger partial charge on any atom is 0.0236 e. The van der Waals surface area contributed by atoms with E-state index in [1.807, 2.05) is 0 Å². The second-order valence-electron chi connectivity index (χ2n) is 5.44. The molecule has 0 spiro atoms. The molecular formula is C15H24N2. The van der Waals surface area contributed by atoms with Crippen LogP contribution in [0.5, 0.6) is 0 Å². The van der Waals surface area contributed by atoms with E-state index in [1.165, 1.54) is 24.0 Å². The highest BCUT2D eigenvalue weighted by Gasteiger charge is 2.24. The Hall–Kier alpha value is -0.860. The fourth-order valence-corrected chi connectivity index (χ4v) is 2.60. The van der Waals surface area contributed by atoms with Gasteiger partial charge in [-0.1, -0.05) is 29.8 Å². The molecule has 0 bridgehead atoms. The Morgan fingerprint density at radius 1 is 1.24 bits per heavy atom. The second-order valence-corrected chi connectivity index (χ2v) is 5.44. The van der Waals surface area contributed by atoms with Crippen LogP contribution in [0.3, 0.4) is 0 Å². The summed E-state index contributed by atoms with van der Waals surface area (Å²) in [6, 6.07) is 9.58. The van der Waals surface area contributed by atoms with Crippen molar-refractivity contribution in [2.75, 3.05) is 13.1 Å². The molecular weight excluding hydrogens is 208 g/mol. The minimum absolute atomic E-state index is 0.691. The second kappa shape index (κ2) is 5.65. The van der Waals surface area contributed by atoms with E-state index in [9.17, 15) is 0 Å². The average molecular weight is 232 g/mol. The van der Waals surface area contributed by atoms with Crippen LogP contribution < -0.4 is 5.73 Å². The van der Waals surface area contributed by atoms with Gasteiger partial charge in [0.15, 0.2) is 0 Å². The summed E-state index contributed by atoms with van der Waals surface area (Å²) >= 11 is 0. The van der Waals surface area contributed by atoms with Gasteiger partial charge in [0, 0.05) is 19.1 Å². The zero-order chi connectivity index (χ0) is 12.3. The van der Waals surface area contributed by atoms with Crippen LogP contribution >= 0.6 is 0 Å². The summed E-state index contributed by atoms with van der Waals surface area (Å²) in [5.74, 6) is 0.691. The number of aryl methyl sites for hydroxylation is 1. The first-order chi connectivity index (χ1) is 8.19. The van der Waals surface area contributed by atoms with Crippen molar-refractivity contribution in [3.8, 4) is 0 Å². The van der Waals surface area contributed by atoms with Crippen molar-refractivity contribution in [1.82, 2.24) is 4.90 Å². The van der Waals surface area contributed by atoms with Crippen LogP contribution in [0.15, 0.2) is 24.3 Å². The average Bonchev–Trinajstić information content (AvgIpc) is 2.35. The van der Waals surface area contributed by atoms with Gasteiger partial charge in [0.1, 0.15) is 0 Å². The maximum absolute atomic E-state index is 5.80. The summed E-state index contributed by atoms with van der Waals surface area (Å²) in [6.45, 7) is 7.53. The van der Waals surface area contributed by atoms with Crippen LogP contribution in [0.2, 0.25) is 0 Å². The summed E-state index contributed by atoms with van der Waals surface area (Å²) in [5.41, 5.74) is 8.55. The number of rotatable bonds is 3. The van der Waals surface area contributed by atoms with E-state index in [2.05, 4.69) is 43.0 Å². The molecule has 2 atom stereocenters. The minimum Gasteiger partial charge on any atom is -0.330 e. The largest absolute Gasteiger partial charge is 0.330 e. The topological polar surface area (TPSA) is 29.3 Å². The van der Waals surface area contributed by atoms with Crippen molar-refractivity contribution < 1.29 is 0 Å². The van der Waals surface area contributed by atoms with E-state index in [-0.39, 0.29) is 0 Å². The first-order valence-electron chi connectivity index (χ1n) is 6.68. The van der Waals surface area contributed by atoms with Gasteiger partial charge in [0.05, 0.1) is 0 Å². The number of nitrogens with two attached hydrogens (primary N) is 1. The third-order valence-electron chi connectivity index (χ3n) is 3.95. The van der Waals surface area contributed by atoms with E-state index < -0.39 is 0 Å². The molecule has 1 aliphatic heterocycles. The van der Waals surface area contributed by atoms with Crippen molar-refractivity contribution in [3.63, 3.8) is 0 Å². The van der Waals surface area contributed by atoms with Gasteiger partial charge in [-0.05, 0) is 44.7 Å². The van der Waals surface area contributed by atoms with Crippen LogP contribution in [0.25, 0.3) is 0 Å². The van der Waals surface area contributed by atoms with E-state index in [0.29, 0.717) is 12.0 Å². The number of piperidine rings is 1. The lowest BCUT2D eigenvalue weighted by atomic mass is 9.93. The van der Waals surface area contributed by atoms with Crippen molar-refractivity contribution in [1.29, 1.82) is 0 Å². The molecule has 2 rings (SSSR count). The summed E-state index contributed by atoms with van der Waals surface area (Å²) in [4.78, 5) is 2.58. The molecule has 0 aromatic heterocycles. The quantitative estimate of drug-likeness (QED) is 0.868. The predicted molar refractivity (Wildman–Crippen MR) is 72.8 cm³/mol. The van der Waals surface area contributed by atoms with E-state index >= 15 is 0 Å². The fourth-order valence-electron chi connectivity index (χ4n) is 2.60. The van der Waals surface area contributed by atoms with Crippen molar-refractivity contribution in [2.45, 2.75) is 39.3 Å². The highest BCUT2D eigenvalue weighted by atomic mass is 15.2. The molecule has 1 heterocycles. The highest BCUT2D eigenvalue weighted by molar-refractivity contribution is 5.21. The molecule has 2 unspecified atom stereocenters.